The second kappa shape index (κ2) is 8.03. The van der Waals surface area contributed by atoms with E-state index in [2.05, 4.69) is 10.2 Å². The van der Waals surface area contributed by atoms with Gasteiger partial charge in [-0.25, -0.2) is 9.07 Å². The lowest BCUT2D eigenvalue weighted by atomic mass is 10.2. The molecule has 0 bridgehead atoms. The molecule has 27 heavy (non-hydrogen) atoms. The molecule has 8 heteroatoms. The Labute approximate surface area is 157 Å². The summed E-state index contributed by atoms with van der Waals surface area (Å²) in [6.45, 7) is 5.33. The highest BCUT2D eigenvalue weighted by Crippen LogP contribution is 2.13. The summed E-state index contributed by atoms with van der Waals surface area (Å²) in [6, 6.07) is 7.38. The number of aromatic nitrogens is 4. The van der Waals surface area contributed by atoms with Crippen molar-refractivity contribution < 1.29 is 13.9 Å². The van der Waals surface area contributed by atoms with E-state index in [0.29, 0.717) is 18.0 Å². The Hall–Kier alpha value is -3.16. The third-order valence-electron chi connectivity index (χ3n) is 4.16. The summed E-state index contributed by atoms with van der Waals surface area (Å²) in [5.74, 6) is 0.0246. The van der Waals surface area contributed by atoms with E-state index < -0.39 is 0 Å². The lowest BCUT2D eigenvalue weighted by molar-refractivity contribution is 0.0777. The molecule has 7 nitrogen and oxygen atoms in total. The molecule has 0 atom stereocenters. The van der Waals surface area contributed by atoms with Gasteiger partial charge >= 0.3 is 0 Å². The van der Waals surface area contributed by atoms with Crippen molar-refractivity contribution in [3.63, 3.8) is 0 Å². The van der Waals surface area contributed by atoms with Crippen molar-refractivity contribution in [3.8, 4) is 5.75 Å². The van der Waals surface area contributed by atoms with Crippen LogP contribution in [0.2, 0.25) is 0 Å². The van der Waals surface area contributed by atoms with Crippen LogP contribution in [0.5, 0.6) is 5.75 Å². The van der Waals surface area contributed by atoms with Gasteiger partial charge in [-0.3, -0.25) is 9.48 Å². The van der Waals surface area contributed by atoms with E-state index in [1.54, 1.807) is 24.2 Å². The van der Waals surface area contributed by atoms with E-state index >= 15 is 0 Å². The van der Waals surface area contributed by atoms with Gasteiger partial charge in [-0.05, 0) is 44.2 Å². The fraction of sp³-hybridized carbons (Fsp3) is 0.316. The SMILES string of the molecule is CCn1cc(CN(C)C(=O)c2ccn(COc3ccc(F)cc3)n2)c(C)n1. The molecule has 0 saturated heterocycles. The number of ether oxygens (including phenoxy) is 1. The van der Waals surface area contributed by atoms with E-state index in [-0.39, 0.29) is 18.5 Å². The van der Waals surface area contributed by atoms with Gasteiger partial charge in [0.1, 0.15) is 11.6 Å². The number of hydrogen-bond donors (Lipinski definition) is 0. The molecule has 2 heterocycles. The summed E-state index contributed by atoms with van der Waals surface area (Å²) < 4.78 is 21.8. The van der Waals surface area contributed by atoms with Crippen molar-refractivity contribution in [1.82, 2.24) is 24.5 Å². The van der Waals surface area contributed by atoms with Gasteiger partial charge in [0.25, 0.3) is 5.91 Å². The van der Waals surface area contributed by atoms with E-state index in [1.165, 1.54) is 28.9 Å². The maximum atomic E-state index is 12.9. The van der Waals surface area contributed by atoms with Crippen molar-refractivity contribution in [2.75, 3.05) is 7.05 Å². The van der Waals surface area contributed by atoms with Crippen LogP contribution >= 0.6 is 0 Å². The molecule has 0 unspecified atom stereocenters. The lowest BCUT2D eigenvalue weighted by Crippen LogP contribution is -2.27. The van der Waals surface area contributed by atoms with Crippen LogP contribution in [-0.2, 0) is 19.8 Å². The topological polar surface area (TPSA) is 65.2 Å². The van der Waals surface area contributed by atoms with Gasteiger partial charge in [0.15, 0.2) is 12.4 Å². The summed E-state index contributed by atoms with van der Waals surface area (Å²) in [5, 5.41) is 8.65. The van der Waals surface area contributed by atoms with Gasteiger partial charge in [-0.1, -0.05) is 0 Å². The highest BCUT2D eigenvalue weighted by Gasteiger charge is 2.17. The zero-order valence-electron chi connectivity index (χ0n) is 15.6. The molecule has 0 radical (unpaired) electrons. The molecular weight excluding hydrogens is 349 g/mol. The van der Waals surface area contributed by atoms with Crippen molar-refractivity contribution in [2.45, 2.75) is 33.7 Å². The lowest BCUT2D eigenvalue weighted by Gasteiger charge is -2.15. The fourth-order valence-corrected chi connectivity index (χ4v) is 2.62. The quantitative estimate of drug-likeness (QED) is 0.641. The minimum atomic E-state index is -0.322. The van der Waals surface area contributed by atoms with Crippen LogP contribution in [0, 0.1) is 12.7 Å². The number of hydrogen-bond acceptors (Lipinski definition) is 4. The Morgan fingerprint density at radius 2 is 1.93 bits per heavy atom. The van der Waals surface area contributed by atoms with Crippen LogP contribution in [0.1, 0.15) is 28.7 Å². The number of carbonyl (C=O) groups excluding carboxylic acids is 1. The van der Waals surface area contributed by atoms with Crippen LogP contribution < -0.4 is 4.74 Å². The molecule has 0 saturated carbocycles. The first kappa shape index (κ1) is 18.6. The summed E-state index contributed by atoms with van der Waals surface area (Å²) >= 11 is 0. The highest BCUT2D eigenvalue weighted by atomic mass is 19.1. The smallest absolute Gasteiger partial charge is 0.274 e. The molecule has 0 aliphatic heterocycles. The largest absolute Gasteiger partial charge is 0.471 e. The molecule has 0 aliphatic carbocycles. The first-order chi connectivity index (χ1) is 13.0. The number of benzene rings is 1. The van der Waals surface area contributed by atoms with E-state index in [9.17, 15) is 9.18 Å². The van der Waals surface area contributed by atoms with E-state index in [0.717, 1.165) is 17.8 Å². The Morgan fingerprint density at radius 1 is 1.19 bits per heavy atom. The Bertz CT molecular complexity index is 917. The van der Waals surface area contributed by atoms with Crippen LogP contribution in [0.4, 0.5) is 4.39 Å². The maximum absolute atomic E-state index is 12.9. The maximum Gasteiger partial charge on any atom is 0.274 e. The predicted octanol–water partition coefficient (Wildman–Crippen LogP) is 2.86. The zero-order chi connectivity index (χ0) is 19.4. The molecule has 0 aliphatic rings. The normalized spacial score (nSPS) is 10.8. The highest BCUT2D eigenvalue weighted by molar-refractivity contribution is 5.91. The molecular formula is C19H22FN5O2. The third kappa shape index (κ3) is 4.52. The number of amides is 1. The number of halogens is 1. The summed E-state index contributed by atoms with van der Waals surface area (Å²) in [4.78, 5) is 14.2. The molecule has 0 fully saturated rings. The Balaban J connectivity index is 1.59. The van der Waals surface area contributed by atoms with Gasteiger partial charge < -0.3 is 9.64 Å². The number of rotatable bonds is 7. The number of nitrogens with zero attached hydrogens (tertiary/aromatic N) is 5. The molecule has 2 aromatic heterocycles. The van der Waals surface area contributed by atoms with E-state index in [1.807, 2.05) is 24.7 Å². The molecule has 1 amide bonds. The second-order valence-electron chi connectivity index (χ2n) is 6.22. The minimum Gasteiger partial charge on any atom is -0.471 e. The van der Waals surface area contributed by atoms with Gasteiger partial charge in [0.05, 0.1) is 5.69 Å². The van der Waals surface area contributed by atoms with Gasteiger partial charge in [-0.15, -0.1) is 0 Å². The van der Waals surface area contributed by atoms with Crippen LogP contribution in [0.3, 0.4) is 0 Å². The Kier molecular flexibility index (Phi) is 5.54. The number of carbonyl (C=O) groups is 1. The summed E-state index contributed by atoms with van der Waals surface area (Å²) in [7, 11) is 1.74. The average Bonchev–Trinajstić information content (AvgIpc) is 3.27. The summed E-state index contributed by atoms with van der Waals surface area (Å²) in [6.07, 6.45) is 3.62. The van der Waals surface area contributed by atoms with E-state index in [4.69, 9.17) is 4.74 Å². The van der Waals surface area contributed by atoms with Crippen LogP contribution in [-0.4, -0.2) is 37.4 Å². The van der Waals surface area contributed by atoms with Gasteiger partial charge in [0.2, 0.25) is 0 Å². The van der Waals surface area contributed by atoms with Crippen LogP contribution in [0.25, 0.3) is 0 Å². The number of aryl methyl sites for hydroxylation is 2. The van der Waals surface area contributed by atoms with Crippen molar-refractivity contribution in [2.24, 2.45) is 0 Å². The van der Waals surface area contributed by atoms with Crippen molar-refractivity contribution >= 4 is 5.91 Å². The third-order valence-corrected chi connectivity index (χ3v) is 4.16. The zero-order valence-corrected chi connectivity index (χ0v) is 15.6. The van der Waals surface area contributed by atoms with Gasteiger partial charge in [-0.2, -0.15) is 10.2 Å². The molecule has 142 valence electrons. The minimum absolute atomic E-state index is 0.130. The first-order valence-corrected chi connectivity index (χ1v) is 8.66. The molecule has 0 N–H and O–H groups in total. The molecule has 3 rings (SSSR count). The predicted molar refractivity (Wildman–Crippen MR) is 97.7 cm³/mol. The second-order valence-corrected chi connectivity index (χ2v) is 6.22. The average molecular weight is 371 g/mol. The monoisotopic (exact) mass is 371 g/mol. The van der Waals surface area contributed by atoms with Crippen molar-refractivity contribution in [3.05, 3.63) is 65.5 Å². The van der Waals surface area contributed by atoms with Gasteiger partial charge in [0, 0.05) is 38.1 Å². The standard InChI is InChI=1S/C19H22FN5O2/c1-4-24-12-15(14(2)21-24)11-23(3)19(26)18-9-10-25(22-18)13-27-17-7-5-16(20)6-8-17/h5-10,12H,4,11,13H2,1-3H3. The molecule has 3 aromatic rings. The summed E-state index contributed by atoms with van der Waals surface area (Å²) in [5.41, 5.74) is 2.25. The first-order valence-electron chi connectivity index (χ1n) is 8.66. The Morgan fingerprint density at radius 3 is 2.59 bits per heavy atom. The molecule has 1 aromatic carbocycles. The van der Waals surface area contributed by atoms with Crippen LogP contribution in [0.15, 0.2) is 42.7 Å². The van der Waals surface area contributed by atoms with Crippen molar-refractivity contribution in [1.29, 1.82) is 0 Å². The fourth-order valence-electron chi connectivity index (χ4n) is 2.62. The molecule has 0 spiro atoms.